The summed E-state index contributed by atoms with van der Waals surface area (Å²) in [6.07, 6.45) is 5.02. The molecule has 0 aliphatic heterocycles. The van der Waals surface area contributed by atoms with Gasteiger partial charge >= 0.3 is 0 Å². The molecule has 1 amide bonds. The number of carbonyl (C=O) groups is 1. The Labute approximate surface area is 130 Å². The summed E-state index contributed by atoms with van der Waals surface area (Å²) in [5.74, 6) is -0.143. The van der Waals surface area contributed by atoms with Crippen LogP contribution in [0.4, 0.5) is 0 Å². The van der Waals surface area contributed by atoms with Crippen LogP contribution in [0.15, 0.2) is 42.9 Å². The molecule has 0 saturated carbocycles. The van der Waals surface area contributed by atoms with Crippen molar-refractivity contribution in [2.75, 3.05) is 5.75 Å². The van der Waals surface area contributed by atoms with E-state index in [9.17, 15) is 13.2 Å². The molecule has 2 heterocycles. The van der Waals surface area contributed by atoms with Crippen LogP contribution in [-0.2, 0) is 10.0 Å². The summed E-state index contributed by atoms with van der Waals surface area (Å²) in [6.45, 7) is 5.39. The van der Waals surface area contributed by atoms with E-state index in [0.717, 1.165) is 0 Å². The van der Waals surface area contributed by atoms with Gasteiger partial charge in [0.15, 0.2) is 0 Å². The highest BCUT2D eigenvalue weighted by Gasteiger charge is 2.24. The first-order valence-corrected chi connectivity index (χ1v) is 8.46. The SMILES string of the molecule is CC(C)(C)CS(=O)(=O)NC(=O)c1ccc(-n2cccc2)nc1. The van der Waals surface area contributed by atoms with E-state index >= 15 is 0 Å². The second kappa shape index (κ2) is 5.92. The highest BCUT2D eigenvalue weighted by Crippen LogP contribution is 2.15. The molecule has 1 N–H and O–H groups in total. The number of amides is 1. The Morgan fingerprint density at radius 3 is 2.36 bits per heavy atom. The van der Waals surface area contributed by atoms with Gasteiger partial charge in [-0.15, -0.1) is 0 Å². The average Bonchev–Trinajstić information content (AvgIpc) is 2.89. The maximum atomic E-state index is 12.0. The molecular weight excluding hydrogens is 302 g/mol. The number of sulfonamides is 1. The van der Waals surface area contributed by atoms with Crippen LogP contribution in [-0.4, -0.2) is 29.6 Å². The van der Waals surface area contributed by atoms with E-state index in [-0.39, 0.29) is 11.3 Å². The van der Waals surface area contributed by atoms with Crippen molar-refractivity contribution in [1.82, 2.24) is 14.3 Å². The fourth-order valence-corrected chi connectivity index (χ4v) is 3.58. The lowest BCUT2D eigenvalue weighted by atomic mass is 10.0. The van der Waals surface area contributed by atoms with Crippen LogP contribution >= 0.6 is 0 Å². The molecule has 0 aliphatic rings. The molecule has 0 spiro atoms. The number of hydrogen-bond donors (Lipinski definition) is 1. The van der Waals surface area contributed by atoms with Crippen LogP contribution < -0.4 is 4.72 Å². The van der Waals surface area contributed by atoms with Gasteiger partial charge < -0.3 is 4.57 Å². The van der Waals surface area contributed by atoms with Crippen molar-refractivity contribution in [3.63, 3.8) is 0 Å². The maximum absolute atomic E-state index is 12.0. The van der Waals surface area contributed by atoms with Crippen LogP contribution in [0, 0.1) is 5.41 Å². The Morgan fingerprint density at radius 1 is 1.23 bits per heavy atom. The van der Waals surface area contributed by atoms with Gasteiger partial charge in [-0.3, -0.25) is 4.79 Å². The van der Waals surface area contributed by atoms with Gasteiger partial charge in [0.2, 0.25) is 10.0 Å². The number of aromatic nitrogens is 2. The summed E-state index contributed by atoms with van der Waals surface area (Å²) in [4.78, 5) is 16.2. The Bertz CT molecular complexity index is 742. The Balaban J connectivity index is 2.10. The zero-order chi connectivity index (χ0) is 16.4. The summed E-state index contributed by atoms with van der Waals surface area (Å²) in [7, 11) is -3.67. The molecule has 0 fully saturated rings. The third-order valence-electron chi connectivity index (χ3n) is 2.75. The monoisotopic (exact) mass is 321 g/mol. The highest BCUT2D eigenvalue weighted by atomic mass is 32.2. The first-order chi connectivity index (χ1) is 10.2. The molecule has 0 saturated heterocycles. The third-order valence-corrected chi connectivity index (χ3v) is 4.49. The van der Waals surface area contributed by atoms with Crippen molar-refractivity contribution in [3.8, 4) is 5.82 Å². The number of pyridine rings is 1. The van der Waals surface area contributed by atoms with Crippen molar-refractivity contribution in [1.29, 1.82) is 0 Å². The molecule has 2 rings (SSSR count). The predicted molar refractivity (Wildman–Crippen MR) is 84.3 cm³/mol. The maximum Gasteiger partial charge on any atom is 0.266 e. The fraction of sp³-hybridized carbons (Fsp3) is 0.333. The molecular formula is C15H19N3O3S. The molecule has 6 nitrogen and oxygen atoms in total. The van der Waals surface area contributed by atoms with Gasteiger partial charge in [0.25, 0.3) is 5.91 Å². The van der Waals surface area contributed by atoms with Gasteiger partial charge in [-0.1, -0.05) is 20.8 Å². The van der Waals surface area contributed by atoms with E-state index in [1.54, 1.807) is 37.5 Å². The average molecular weight is 321 g/mol. The van der Waals surface area contributed by atoms with E-state index in [4.69, 9.17) is 0 Å². The van der Waals surface area contributed by atoms with E-state index < -0.39 is 21.3 Å². The van der Waals surface area contributed by atoms with E-state index in [1.807, 2.05) is 24.5 Å². The lowest BCUT2D eigenvalue weighted by Crippen LogP contribution is -2.36. The number of nitrogens with one attached hydrogen (secondary N) is 1. The topological polar surface area (TPSA) is 81.1 Å². The minimum absolute atomic E-state index is 0.124. The van der Waals surface area contributed by atoms with Crippen LogP contribution in [0.5, 0.6) is 0 Å². The smallest absolute Gasteiger partial charge is 0.266 e. The van der Waals surface area contributed by atoms with Crippen LogP contribution in [0.2, 0.25) is 0 Å². The number of rotatable bonds is 4. The first kappa shape index (κ1) is 16.2. The molecule has 0 atom stereocenters. The summed E-state index contributed by atoms with van der Waals surface area (Å²) >= 11 is 0. The number of hydrogen-bond acceptors (Lipinski definition) is 4. The summed E-state index contributed by atoms with van der Waals surface area (Å²) in [6, 6.07) is 6.93. The summed E-state index contributed by atoms with van der Waals surface area (Å²) < 4.78 is 27.7. The van der Waals surface area contributed by atoms with Crippen molar-refractivity contribution in [2.45, 2.75) is 20.8 Å². The quantitative estimate of drug-likeness (QED) is 0.933. The minimum atomic E-state index is -3.67. The fourth-order valence-electron chi connectivity index (χ4n) is 1.97. The van der Waals surface area contributed by atoms with Gasteiger partial charge in [0, 0.05) is 18.6 Å². The zero-order valence-electron chi connectivity index (χ0n) is 12.8. The van der Waals surface area contributed by atoms with Gasteiger partial charge in [0.1, 0.15) is 5.82 Å². The largest absolute Gasteiger partial charge is 0.309 e. The van der Waals surface area contributed by atoms with E-state index in [0.29, 0.717) is 5.82 Å². The van der Waals surface area contributed by atoms with Crippen molar-refractivity contribution in [2.24, 2.45) is 5.41 Å². The molecule has 22 heavy (non-hydrogen) atoms. The Kier molecular flexibility index (Phi) is 4.37. The van der Waals surface area contributed by atoms with Crippen LogP contribution in [0.3, 0.4) is 0 Å². The zero-order valence-corrected chi connectivity index (χ0v) is 13.6. The molecule has 0 aromatic carbocycles. The Morgan fingerprint density at radius 2 is 1.86 bits per heavy atom. The highest BCUT2D eigenvalue weighted by molar-refractivity contribution is 7.90. The number of carbonyl (C=O) groups excluding carboxylic acids is 1. The third kappa shape index (κ3) is 4.42. The van der Waals surface area contributed by atoms with Crippen LogP contribution in [0.1, 0.15) is 31.1 Å². The minimum Gasteiger partial charge on any atom is -0.309 e. The standard InChI is InChI=1S/C15H19N3O3S/c1-15(2,3)11-22(20,21)17-14(19)12-6-7-13(16-10-12)18-8-4-5-9-18/h4-10H,11H2,1-3H3,(H,17,19). The lowest BCUT2D eigenvalue weighted by Gasteiger charge is -2.18. The van der Waals surface area contributed by atoms with Crippen molar-refractivity contribution < 1.29 is 13.2 Å². The number of nitrogens with zero attached hydrogens (tertiary/aromatic N) is 2. The van der Waals surface area contributed by atoms with Crippen molar-refractivity contribution in [3.05, 3.63) is 48.4 Å². The molecule has 2 aromatic rings. The van der Waals surface area contributed by atoms with E-state index in [2.05, 4.69) is 9.71 Å². The van der Waals surface area contributed by atoms with Gasteiger partial charge in [0.05, 0.1) is 11.3 Å². The molecule has 0 unspecified atom stereocenters. The first-order valence-electron chi connectivity index (χ1n) is 6.80. The molecule has 0 aliphatic carbocycles. The Hall–Kier alpha value is -2.15. The molecule has 2 aromatic heterocycles. The second-order valence-corrected chi connectivity index (χ2v) is 7.97. The van der Waals surface area contributed by atoms with Gasteiger partial charge in [-0.2, -0.15) is 0 Å². The molecule has 0 bridgehead atoms. The van der Waals surface area contributed by atoms with Crippen molar-refractivity contribution >= 4 is 15.9 Å². The molecule has 118 valence electrons. The van der Waals surface area contributed by atoms with Crippen LogP contribution in [0.25, 0.3) is 5.82 Å². The summed E-state index contributed by atoms with van der Waals surface area (Å²) in [5.41, 5.74) is -0.226. The molecule has 0 radical (unpaired) electrons. The lowest BCUT2D eigenvalue weighted by molar-refractivity contribution is 0.0981. The van der Waals surface area contributed by atoms with E-state index in [1.165, 1.54) is 6.20 Å². The molecule has 7 heteroatoms. The second-order valence-electron chi connectivity index (χ2n) is 6.25. The predicted octanol–water partition coefficient (Wildman–Crippen LogP) is 1.98. The summed E-state index contributed by atoms with van der Waals surface area (Å²) in [5, 5.41) is 0. The normalized spacial score (nSPS) is 12.1. The van der Waals surface area contributed by atoms with Gasteiger partial charge in [-0.25, -0.2) is 18.1 Å². The van der Waals surface area contributed by atoms with Gasteiger partial charge in [-0.05, 0) is 29.7 Å².